The van der Waals surface area contributed by atoms with Crippen LogP contribution in [0.3, 0.4) is 0 Å². The Bertz CT molecular complexity index is 3810. The summed E-state index contributed by atoms with van der Waals surface area (Å²) >= 11 is 0. The van der Waals surface area contributed by atoms with Crippen LogP contribution in [-0.4, -0.2) is 4.57 Å². The van der Waals surface area contributed by atoms with Gasteiger partial charge in [-0.15, -0.1) is 0 Å². The Balaban J connectivity index is 1.07. The summed E-state index contributed by atoms with van der Waals surface area (Å²) in [6.07, 6.45) is 0. The highest BCUT2D eigenvalue weighted by Gasteiger charge is 2.38. The van der Waals surface area contributed by atoms with Crippen LogP contribution in [0.15, 0.2) is 231 Å². The molecule has 0 saturated carbocycles. The maximum absolute atomic E-state index is 2.55. The fourth-order valence-electron chi connectivity index (χ4n) is 12.0. The number of para-hydroxylation sites is 5. The first kappa shape index (κ1) is 40.1. The van der Waals surface area contributed by atoms with Gasteiger partial charge in [0.2, 0.25) is 0 Å². The number of rotatable bonds is 7. The Morgan fingerprint density at radius 1 is 0.309 bits per heavy atom. The molecule has 2 heteroatoms. The number of anilines is 3. The molecule has 68 heavy (non-hydrogen) atoms. The summed E-state index contributed by atoms with van der Waals surface area (Å²) in [5.74, 6) is 0. The van der Waals surface area contributed by atoms with Crippen molar-refractivity contribution in [3.05, 3.63) is 253 Å². The van der Waals surface area contributed by atoms with Crippen molar-refractivity contribution < 1.29 is 0 Å². The Morgan fingerprint density at radius 2 is 0.779 bits per heavy atom. The van der Waals surface area contributed by atoms with Gasteiger partial charge in [-0.3, -0.25) is 0 Å². The molecule has 1 aromatic heterocycles. The van der Waals surface area contributed by atoms with E-state index in [-0.39, 0.29) is 10.8 Å². The maximum atomic E-state index is 2.55. The highest BCUT2D eigenvalue weighted by molar-refractivity contribution is 6.11. The van der Waals surface area contributed by atoms with Crippen LogP contribution >= 0.6 is 0 Å². The van der Waals surface area contributed by atoms with Crippen LogP contribution in [0, 0.1) is 0 Å². The molecule has 0 N–H and O–H groups in total. The molecule has 0 atom stereocenters. The first-order chi connectivity index (χ1) is 33.3. The Morgan fingerprint density at radius 3 is 1.50 bits per heavy atom. The average Bonchev–Trinajstić information content (AvgIpc) is 3.93. The van der Waals surface area contributed by atoms with Crippen molar-refractivity contribution in [2.75, 3.05) is 4.90 Å². The number of hydrogen-bond acceptors (Lipinski definition) is 1. The third-order valence-corrected chi connectivity index (χ3v) is 15.2. The second-order valence-corrected chi connectivity index (χ2v) is 19.6. The second-order valence-electron chi connectivity index (χ2n) is 19.6. The van der Waals surface area contributed by atoms with Gasteiger partial charge >= 0.3 is 0 Å². The molecule has 2 nitrogen and oxygen atoms in total. The van der Waals surface area contributed by atoms with Crippen molar-refractivity contribution in [2.45, 2.75) is 38.5 Å². The summed E-state index contributed by atoms with van der Waals surface area (Å²) in [7, 11) is 0. The Kier molecular flexibility index (Phi) is 8.95. The monoisotopic (exact) mass is 870 g/mol. The van der Waals surface area contributed by atoms with Gasteiger partial charge in [0.25, 0.3) is 0 Å². The summed E-state index contributed by atoms with van der Waals surface area (Å²) in [6.45, 7) is 9.49. The largest absolute Gasteiger partial charge is 0.309 e. The van der Waals surface area contributed by atoms with Crippen LogP contribution in [0.25, 0.3) is 83.1 Å². The zero-order valence-corrected chi connectivity index (χ0v) is 38.8. The lowest BCUT2D eigenvalue weighted by Crippen LogP contribution is -2.15. The molecule has 2 aliphatic carbocycles. The van der Waals surface area contributed by atoms with Gasteiger partial charge in [-0.1, -0.05) is 210 Å². The molecule has 2 aliphatic rings. The molecule has 0 aliphatic heterocycles. The lowest BCUT2D eigenvalue weighted by atomic mass is 9.81. The van der Waals surface area contributed by atoms with Gasteiger partial charge in [-0.05, 0) is 110 Å². The number of benzene rings is 10. The normalized spacial score (nSPS) is 13.8. The lowest BCUT2D eigenvalue weighted by Gasteiger charge is -2.32. The van der Waals surface area contributed by atoms with Gasteiger partial charge in [-0.2, -0.15) is 0 Å². The molecule has 0 fully saturated rings. The van der Waals surface area contributed by atoms with Gasteiger partial charge in [0.1, 0.15) is 0 Å². The SMILES string of the molecule is CC1(C)c2ccccc2-c2ccc(-c3ccccc3N(c3ccccc3-c3ccc4c5ccccc5n(-c5ccccc5)c4c3)c3ccccc3-c3cccc4c3-c3ccccc3C4(C)C)cc21. The molecule has 0 spiro atoms. The van der Waals surface area contributed by atoms with E-state index >= 15 is 0 Å². The zero-order valence-electron chi connectivity index (χ0n) is 38.8. The van der Waals surface area contributed by atoms with E-state index in [1.54, 1.807) is 0 Å². The standard InChI is InChI=1S/C66H50N2/c1-65(2)56-31-15-9-28-54(56)64-53(29-20-32-57(64)65)51-27-13-19-36-62(51)68(59-33-16-10-23-46(59)43-37-39-49-48-25-8-14-30-55(48)66(3,4)58(49)41-43)60-34-17-11-24-47(60)44-38-40-52-50-26-12-18-35-61(50)67(63(52)42-44)45-21-6-5-7-22-45/h5-42H,1-4H3. The number of nitrogens with zero attached hydrogens (tertiary/aromatic N) is 2. The highest BCUT2D eigenvalue weighted by Crippen LogP contribution is 2.56. The topological polar surface area (TPSA) is 8.17 Å². The minimum absolute atomic E-state index is 0.127. The van der Waals surface area contributed by atoms with E-state index in [9.17, 15) is 0 Å². The second kappa shape index (κ2) is 15.2. The van der Waals surface area contributed by atoms with E-state index in [2.05, 4.69) is 268 Å². The summed E-state index contributed by atoms with van der Waals surface area (Å²) in [6, 6.07) is 85.7. The zero-order chi connectivity index (χ0) is 45.7. The molecule has 0 radical (unpaired) electrons. The quantitative estimate of drug-likeness (QED) is 0.155. The van der Waals surface area contributed by atoms with Crippen LogP contribution in [0.4, 0.5) is 17.1 Å². The van der Waals surface area contributed by atoms with E-state index in [1.165, 1.54) is 88.6 Å². The van der Waals surface area contributed by atoms with Crippen LogP contribution < -0.4 is 4.90 Å². The van der Waals surface area contributed by atoms with E-state index in [1.807, 2.05) is 0 Å². The van der Waals surface area contributed by atoms with Crippen molar-refractivity contribution in [2.24, 2.45) is 0 Å². The number of aromatic nitrogens is 1. The van der Waals surface area contributed by atoms with Crippen LogP contribution in [0.2, 0.25) is 0 Å². The van der Waals surface area contributed by atoms with Crippen LogP contribution in [-0.2, 0) is 10.8 Å². The first-order valence-electron chi connectivity index (χ1n) is 23.9. The molecular weight excluding hydrogens is 821 g/mol. The number of hydrogen-bond donors (Lipinski definition) is 0. The predicted octanol–water partition coefficient (Wildman–Crippen LogP) is 17.9. The summed E-state index contributed by atoms with van der Waals surface area (Å²) in [4.78, 5) is 2.55. The smallest absolute Gasteiger partial charge is 0.0547 e. The first-order valence-corrected chi connectivity index (χ1v) is 23.9. The Labute approximate surface area is 399 Å². The molecule has 0 unspecified atom stereocenters. The molecule has 10 aromatic carbocycles. The molecule has 0 amide bonds. The molecule has 1 heterocycles. The number of fused-ring (bicyclic) bond motifs is 9. The van der Waals surface area contributed by atoms with Gasteiger partial charge in [0.15, 0.2) is 0 Å². The molecule has 11 aromatic rings. The molecule has 324 valence electrons. The average molecular weight is 871 g/mol. The van der Waals surface area contributed by atoms with Crippen molar-refractivity contribution in [1.29, 1.82) is 0 Å². The van der Waals surface area contributed by atoms with Gasteiger partial charge in [0.05, 0.1) is 28.1 Å². The fraction of sp³-hybridized carbons (Fsp3) is 0.0909. The minimum atomic E-state index is -0.131. The summed E-state index contributed by atoms with van der Waals surface area (Å²) < 4.78 is 2.42. The maximum Gasteiger partial charge on any atom is 0.0547 e. The van der Waals surface area contributed by atoms with E-state index in [4.69, 9.17) is 0 Å². The van der Waals surface area contributed by atoms with Gasteiger partial charge < -0.3 is 9.47 Å². The molecule has 13 rings (SSSR count). The molecule has 0 saturated heterocycles. The van der Waals surface area contributed by atoms with Gasteiger partial charge in [0, 0.05) is 44.0 Å². The predicted molar refractivity (Wildman–Crippen MR) is 287 cm³/mol. The van der Waals surface area contributed by atoms with Crippen molar-refractivity contribution in [3.63, 3.8) is 0 Å². The molecule has 0 bridgehead atoms. The lowest BCUT2D eigenvalue weighted by molar-refractivity contribution is 0.660. The van der Waals surface area contributed by atoms with E-state index in [0.29, 0.717) is 0 Å². The molecular formula is C66H50N2. The van der Waals surface area contributed by atoms with Crippen molar-refractivity contribution in [1.82, 2.24) is 4.57 Å². The summed E-state index contributed by atoms with van der Waals surface area (Å²) in [5, 5.41) is 2.48. The van der Waals surface area contributed by atoms with Crippen LogP contribution in [0.1, 0.15) is 49.9 Å². The van der Waals surface area contributed by atoms with Crippen molar-refractivity contribution >= 4 is 38.9 Å². The van der Waals surface area contributed by atoms with Crippen molar-refractivity contribution in [3.8, 4) is 61.3 Å². The van der Waals surface area contributed by atoms with E-state index in [0.717, 1.165) is 33.9 Å². The minimum Gasteiger partial charge on any atom is -0.309 e. The third kappa shape index (κ3) is 5.90. The van der Waals surface area contributed by atoms with Crippen LogP contribution in [0.5, 0.6) is 0 Å². The Hall–Kier alpha value is -8.20. The summed E-state index contributed by atoms with van der Waals surface area (Å²) in [5.41, 5.74) is 24.5. The van der Waals surface area contributed by atoms with E-state index < -0.39 is 0 Å². The third-order valence-electron chi connectivity index (χ3n) is 15.2. The highest BCUT2D eigenvalue weighted by atomic mass is 15.2. The van der Waals surface area contributed by atoms with Gasteiger partial charge in [-0.25, -0.2) is 0 Å². The fourth-order valence-corrected chi connectivity index (χ4v) is 12.0.